The van der Waals surface area contributed by atoms with Crippen molar-refractivity contribution in [3.05, 3.63) is 76.3 Å². The minimum atomic E-state index is -3.74. The molecule has 1 amide bonds. The Labute approximate surface area is 159 Å². The van der Waals surface area contributed by atoms with Gasteiger partial charge in [-0.2, -0.15) is 0 Å². The van der Waals surface area contributed by atoms with Crippen LogP contribution < -0.4 is 10.0 Å². The van der Waals surface area contributed by atoms with Crippen LogP contribution in [-0.4, -0.2) is 19.3 Å². The predicted octanol–water partition coefficient (Wildman–Crippen LogP) is 3.53. The molecule has 0 bridgehead atoms. The highest BCUT2D eigenvalue weighted by atomic mass is 35.5. The molecule has 0 fully saturated rings. The summed E-state index contributed by atoms with van der Waals surface area (Å²) in [5.41, 5.74) is 1.15. The number of amides is 1. The summed E-state index contributed by atoms with van der Waals surface area (Å²) in [4.78, 5) is 16.2. The highest BCUT2D eigenvalue weighted by Crippen LogP contribution is 2.18. The third-order valence-electron chi connectivity index (χ3n) is 3.48. The van der Waals surface area contributed by atoms with Gasteiger partial charge in [-0.1, -0.05) is 29.8 Å². The number of hydrogen-bond acceptors (Lipinski definition) is 5. The number of sulfonamides is 1. The number of carbonyl (C=O) groups excluding carboxylic acids is 1. The SMILES string of the molecule is O=C(NCc1ccccc1Cl)c1ccc(S(=O)(=O)Nc2nccs2)cc1. The summed E-state index contributed by atoms with van der Waals surface area (Å²) in [5.74, 6) is -0.318. The number of hydrogen-bond donors (Lipinski definition) is 2. The van der Waals surface area contributed by atoms with Crippen molar-refractivity contribution in [1.82, 2.24) is 10.3 Å². The number of aromatic nitrogens is 1. The third-order valence-corrected chi connectivity index (χ3v) is 6.02. The molecule has 1 aromatic heterocycles. The molecule has 0 saturated carbocycles. The molecule has 26 heavy (non-hydrogen) atoms. The Morgan fingerprint density at radius 3 is 2.50 bits per heavy atom. The Morgan fingerprint density at radius 2 is 1.85 bits per heavy atom. The van der Waals surface area contributed by atoms with Crippen molar-refractivity contribution in [3.63, 3.8) is 0 Å². The highest BCUT2D eigenvalue weighted by Gasteiger charge is 2.16. The molecule has 9 heteroatoms. The monoisotopic (exact) mass is 407 g/mol. The number of nitrogens with one attached hydrogen (secondary N) is 2. The van der Waals surface area contributed by atoms with Gasteiger partial charge in [0.15, 0.2) is 5.13 Å². The Balaban J connectivity index is 1.67. The largest absolute Gasteiger partial charge is 0.348 e. The molecule has 2 aromatic carbocycles. The van der Waals surface area contributed by atoms with E-state index in [9.17, 15) is 13.2 Å². The topological polar surface area (TPSA) is 88.2 Å². The second-order valence-electron chi connectivity index (χ2n) is 5.24. The van der Waals surface area contributed by atoms with Gasteiger partial charge in [0, 0.05) is 28.7 Å². The fraction of sp³-hybridized carbons (Fsp3) is 0.0588. The summed E-state index contributed by atoms with van der Waals surface area (Å²) in [6.45, 7) is 0.282. The average molecular weight is 408 g/mol. The molecule has 134 valence electrons. The van der Waals surface area contributed by atoms with Crippen LogP contribution in [0.3, 0.4) is 0 Å². The molecule has 0 aliphatic heterocycles. The maximum atomic E-state index is 12.3. The molecule has 0 saturated heterocycles. The zero-order valence-electron chi connectivity index (χ0n) is 13.3. The van der Waals surface area contributed by atoms with Crippen LogP contribution in [-0.2, 0) is 16.6 Å². The number of anilines is 1. The van der Waals surface area contributed by atoms with Gasteiger partial charge in [0.05, 0.1) is 4.90 Å². The van der Waals surface area contributed by atoms with Gasteiger partial charge in [0.2, 0.25) is 0 Å². The van der Waals surface area contributed by atoms with Crippen LogP contribution in [0.4, 0.5) is 5.13 Å². The van der Waals surface area contributed by atoms with E-state index >= 15 is 0 Å². The lowest BCUT2D eigenvalue weighted by molar-refractivity contribution is 0.0951. The van der Waals surface area contributed by atoms with E-state index in [1.54, 1.807) is 11.4 Å². The normalized spacial score (nSPS) is 11.1. The lowest BCUT2D eigenvalue weighted by Gasteiger charge is -2.08. The predicted molar refractivity (Wildman–Crippen MR) is 102 cm³/mol. The van der Waals surface area contributed by atoms with Crippen LogP contribution in [0.2, 0.25) is 5.02 Å². The van der Waals surface area contributed by atoms with E-state index in [0.717, 1.165) is 5.56 Å². The van der Waals surface area contributed by atoms with Gasteiger partial charge in [0.25, 0.3) is 15.9 Å². The zero-order valence-corrected chi connectivity index (χ0v) is 15.7. The molecule has 0 unspecified atom stereocenters. The van der Waals surface area contributed by atoms with E-state index in [1.807, 2.05) is 18.2 Å². The summed E-state index contributed by atoms with van der Waals surface area (Å²) < 4.78 is 26.9. The first-order valence-electron chi connectivity index (χ1n) is 7.50. The zero-order chi connectivity index (χ0) is 18.6. The standard InChI is InChI=1S/C17H14ClN3O3S2/c18-15-4-2-1-3-13(15)11-20-16(22)12-5-7-14(8-6-12)26(23,24)21-17-19-9-10-25-17/h1-10H,11H2,(H,19,21)(H,20,22). The maximum absolute atomic E-state index is 12.3. The lowest BCUT2D eigenvalue weighted by Crippen LogP contribution is -2.23. The van der Waals surface area contributed by atoms with Crippen LogP contribution in [0.25, 0.3) is 0 Å². The molecule has 0 aliphatic rings. The molecule has 0 spiro atoms. The second kappa shape index (κ2) is 7.86. The van der Waals surface area contributed by atoms with Gasteiger partial charge < -0.3 is 5.32 Å². The van der Waals surface area contributed by atoms with Crippen LogP contribution >= 0.6 is 22.9 Å². The molecule has 0 atom stereocenters. The van der Waals surface area contributed by atoms with Crippen molar-refractivity contribution < 1.29 is 13.2 Å². The first-order chi connectivity index (χ1) is 12.5. The minimum absolute atomic E-state index is 0.0513. The molecule has 3 rings (SSSR count). The Morgan fingerprint density at radius 1 is 1.12 bits per heavy atom. The average Bonchev–Trinajstić information content (AvgIpc) is 3.13. The van der Waals surface area contributed by atoms with Gasteiger partial charge in [-0.15, -0.1) is 11.3 Å². The first kappa shape index (κ1) is 18.4. The van der Waals surface area contributed by atoms with E-state index < -0.39 is 10.0 Å². The molecule has 3 aromatic rings. The minimum Gasteiger partial charge on any atom is -0.348 e. The van der Waals surface area contributed by atoms with Gasteiger partial charge in [0.1, 0.15) is 0 Å². The lowest BCUT2D eigenvalue weighted by atomic mass is 10.2. The molecule has 6 nitrogen and oxygen atoms in total. The van der Waals surface area contributed by atoms with E-state index in [-0.39, 0.29) is 22.5 Å². The second-order valence-corrected chi connectivity index (χ2v) is 8.23. The number of nitrogens with zero attached hydrogens (tertiary/aromatic N) is 1. The number of rotatable bonds is 6. The smallest absolute Gasteiger partial charge is 0.263 e. The summed E-state index contributed by atoms with van der Waals surface area (Å²) in [7, 11) is -3.74. The van der Waals surface area contributed by atoms with Crippen molar-refractivity contribution in [1.29, 1.82) is 0 Å². The van der Waals surface area contributed by atoms with Crippen LogP contribution in [0, 0.1) is 0 Å². The Kier molecular flexibility index (Phi) is 5.55. The van der Waals surface area contributed by atoms with Crippen molar-refractivity contribution in [2.45, 2.75) is 11.4 Å². The fourth-order valence-corrected chi connectivity index (χ4v) is 4.14. The van der Waals surface area contributed by atoms with Gasteiger partial charge >= 0.3 is 0 Å². The van der Waals surface area contributed by atoms with Gasteiger partial charge in [-0.25, -0.2) is 13.4 Å². The summed E-state index contributed by atoms with van der Waals surface area (Å²) in [6, 6.07) is 12.9. The van der Waals surface area contributed by atoms with Gasteiger partial charge in [-0.3, -0.25) is 9.52 Å². The van der Waals surface area contributed by atoms with Gasteiger partial charge in [-0.05, 0) is 35.9 Å². The third kappa shape index (κ3) is 4.40. The van der Waals surface area contributed by atoms with Crippen molar-refractivity contribution >= 4 is 44.0 Å². The molecule has 1 heterocycles. The van der Waals surface area contributed by atoms with Crippen molar-refractivity contribution in [2.75, 3.05) is 4.72 Å². The summed E-state index contributed by atoms with van der Waals surface area (Å²) >= 11 is 7.24. The summed E-state index contributed by atoms with van der Waals surface area (Å²) in [6.07, 6.45) is 1.51. The van der Waals surface area contributed by atoms with Crippen molar-refractivity contribution in [3.8, 4) is 0 Å². The number of halogens is 1. The number of thiazole rings is 1. The van der Waals surface area contributed by atoms with Crippen molar-refractivity contribution in [2.24, 2.45) is 0 Å². The summed E-state index contributed by atoms with van der Waals surface area (Å²) in [5, 5.41) is 5.28. The fourth-order valence-electron chi connectivity index (χ4n) is 2.15. The van der Waals surface area contributed by atoms with E-state index in [4.69, 9.17) is 11.6 Å². The number of carbonyl (C=O) groups is 1. The maximum Gasteiger partial charge on any atom is 0.263 e. The molecular weight excluding hydrogens is 394 g/mol. The quantitative estimate of drug-likeness (QED) is 0.654. The van der Waals surface area contributed by atoms with Crippen LogP contribution in [0.15, 0.2) is 65.0 Å². The first-order valence-corrected chi connectivity index (χ1v) is 10.2. The Hall–Kier alpha value is -2.42. The van der Waals surface area contributed by atoms with E-state index in [0.29, 0.717) is 10.6 Å². The van der Waals surface area contributed by atoms with E-state index in [1.165, 1.54) is 41.8 Å². The van der Waals surface area contributed by atoms with Crippen LogP contribution in [0.5, 0.6) is 0 Å². The molecule has 0 radical (unpaired) electrons. The van der Waals surface area contributed by atoms with E-state index in [2.05, 4.69) is 15.0 Å². The van der Waals surface area contributed by atoms with Crippen LogP contribution in [0.1, 0.15) is 15.9 Å². The molecule has 0 aliphatic carbocycles. The molecular formula is C17H14ClN3O3S2. The highest BCUT2D eigenvalue weighted by molar-refractivity contribution is 7.93. The number of benzene rings is 2. The Bertz CT molecular complexity index is 1000. The molecule has 2 N–H and O–H groups in total.